The van der Waals surface area contributed by atoms with E-state index < -0.39 is 6.29 Å². The molecular weight excluding hydrogens is 394 g/mol. The number of allylic oxidation sites excluding steroid dienone is 1. The first kappa shape index (κ1) is 22.2. The van der Waals surface area contributed by atoms with Crippen molar-refractivity contribution in [2.45, 2.75) is 63.7 Å². The van der Waals surface area contributed by atoms with Gasteiger partial charge in [-0.05, 0) is 74.6 Å². The number of carbonyl (C=O) groups excluding carboxylic acids is 1. The van der Waals surface area contributed by atoms with Gasteiger partial charge in [0.15, 0.2) is 5.76 Å². The Morgan fingerprint density at radius 1 is 1.23 bits per heavy atom. The number of carbonyl (C=O) groups is 1. The highest BCUT2D eigenvalue weighted by molar-refractivity contribution is 5.92. The van der Waals surface area contributed by atoms with E-state index in [0.29, 0.717) is 24.7 Å². The fourth-order valence-electron chi connectivity index (χ4n) is 5.63. The average molecular weight is 430 g/mol. The van der Waals surface area contributed by atoms with Crippen molar-refractivity contribution in [3.05, 3.63) is 41.7 Å². The smallest absolute Gasteiger partial charge is 0.286 e. The summed E-state index contributed by atoms with van der Waals surface area (Å²) in [4.78, 5) is 13.2. The molecule has 2 fully saturated rings. The third-order valence-corrected chi connectivity index (χ3v) is 7.19. The van der Waals surface area contributed by atoms with E-state index >= 15 is 0 Å². The predicted octanol–water partition coefficient (Wildman–Crippen LogP) is 3.75. The number of hydrogen-bond acceptors (Lipinski definition) is 5. The molecule has 2 N–H and O–H groups in total. The van der Waals surface area contributed by atoms with Crippen LogP contribution >= 0.6 is 0 Å². The summed E-state index contributed by atoms with van der Waals surface area (Å²) in [6, 6.07) is 8.20. The molecule has 4 rings (SSSR count). The first-order valence-corrected chi connectivity index (χ1v) is 11.7. The van der Waals surface area contributed by atoms with Crippen LogP contribution in [0.4, 0.5) is 0 Å². The number of rotatable bonds is 9. The zero-order chi connectivity index (χ0) is 21.8. The molecule has 0 spiro atoms. The first-order valence-electron chi connectivity index (χ1n) is 11.7. The minimum Gasteiger partial charge on any atom is -0.497 e. The number of methoxy groups -OCH3 is 1. The number of nitrogens with one attached hydrogen (secondary N) is 1. The Morgan fingerprint density at radius 3 is 2.65 bits per heavy atom. The molecule has 6 heteroatoms. The second-order valence-electron chi connectivity index (χ2n) is 9.06. The van der Waals surface area contributed by atoms with E-state index in [9.17, 15) is 9.90 Å². The Hall–Kier alpha value is -2.05. The van der Waals surface area contributed by atoms with Crippen LogP contribution in [0.3, 0.4) is 0 Å². The average Bonchev–Trinajstić information content (AvgIpc) is 3.41. The van der Waals surface area contributed by atoms with E-state index in [2.05, 4.69) is 5.32 Å². The Balaban J connectivity index is 1.58. The maximum Gasteiger partial charge on any atom is 0.286 e. The third-order valence-electron chi connectivity index (χ3n) is 7.19. The molecule has 0 radical (unpaired) electrons. The van der Waals surface area contributed by atoms with Crippen molar-refractivity contribution in [2.75, 3.05) is 20.3 Å². The Labute approximate surface area is 185 Å². The van der Waals surface area contributed by atoms with Crippen molar-refractivity contribution in [3.63, 3.8) is 0 Å². The number of benzene rings is 1. The van der Waals surface area contributed by atoms with E-state index in [4.69, 9.17) is 14.2 Å². The lowest BCUT2D eigenvalue weighted by Gasteiger charge is -2.37. The van der Waals surface area contributed by atoms with Crippen molar-refractivity contribution in [3.8, 4) is 5.75 Å². The first-order chi connectivity index (χ1) is 15.1. The molecule has 170 valence electrons. The molecular formula is C25H35NO5. The highest BCUT2D eigenvalue weighted by atomic mass is 16.7. The van der Waals surface area contributed by atoms with Gasteiger partial charge in [0.2, 0.25) is 6.29 Å². The molecule has 6 atom stereocenters. The number of amides is 1. The van der Waals surface area contributed by atoms with E-state index in [1.165, 1.54) is 19.3 Å². The van der Waals surface area contributed by atoms with Gasteiger partial charge in [-0.25, -0.2) is 0 Å². The van der Waals surface area contributed by atoms with Gasteiger partial charge in [-0.2, -0.15) is 0 Å². The topological polar surface area (TPSA) is 77.0 Å². The lowest BCUT2D eigenvalue weighted by molar-refractivity contribution is -0.167. The summed E-state index contributed by atoms with van der Waals surface area (Å²) in [5.74, 6) is 2.35. The molecule has 1 aromatic carbocycles. The van der Waals surface area contributed by atoms with Crippen LogP contribution < -0.4 is 10.1 Å². The summed E-state index contributed by atoms with van der Waals surface area (Å²) in [6.07, 6.45) is 7.67. The number of fused-ring (bicyclic) bond motifs is 2. The van der Waals surface area contributed by atoms with Crippen LogP contribution in [0.2, 0.25) is 0 Å². The van der Waals surface area contributed by atoms with Crippen LogP contribution in [0.25, 0.3) is 0 Å². The van der Waals surface area contributed by atoms with Gasteiger partial charge in [0.05, 0.1) is 7.11 Å². The van der Waals surface area contributed by atoms with Gasteiger partial charge in [0, 0.05) is 31.1 Å². The standard InChI is InChI=1S/C25H35NO5/c1-3-30-25-20(5-4-12-27)21(17-8-10-19(29-2)11-9-17)15-23(31-25)24(28)26-22-14-16-6-7-18(22)13-16/h8-11,15-16,18,20-22,25,27H,3-7,12-14H2,1-2H3,(H,26,28)/t16?,18?,20-,21+,22?,25+/m0/s1. The minimum atomic E-state index is -0.519. The van der Waals surface area contributed by atoms with Crippen LogP contribution in [0.15, 0.2) is 36.1 Å². The zero-order valence-electron chi connectivity index (χ0n) is 18.6. The minimum absolute atomic E-state index is 0.0135. The van der Waals surface area contributed by atoms with E-state index in [1.54, 1.807) is 7.11 Å². The highest BCUT2D eigenvalue weighted by Gasteiger charge is 2.42. The largest absolute Gasteiger partial charge is 0.497 e. The molecule has 1 aromatic rings. The fraction of sp³-hybridized carbons (Fsp3) is 0.640. The molecule has 31 heavy (non-hydrogen) atoms. The van der Waals surface area contributed by atoms with Gasteiger partial charge < -0.3 is 24.6 Å². The molecule has 2 saturated carbocycles. The van der Waals surface area contributed by atoms with Crippen LogP contribution in [0.1, 0.15) is 56.9 Å². The molecule has 3 unspecified atom stereocenters. The molecule has 6 nitrogen and oxygen atoms in total. The maximum absolute atomic E-state index is 13.2. The zero-order valence-corrected chi connectivity index (χ0v) is 18.6. The van der Waals surface area contributed by atoms with Crippen molar-refractivity contribution < 1.29 is 24.1 Å². The van der Waals surface area contributed by atoms with E-state index in [-0.39, 0.29) is 30.4 Å². The number of ether oxygens (including phenoxy) is 3. The van der Waals surface area contributed by atoms with Gasteiger partial charge in [-0.15, -0.1) is 0 Å². The second-order valence-corrected chi connectivity index (χ2v) is 9.06. The monoisotopic (exact) mass is 429 g/mol. The third kappa shape index (κ3) is 4.90. The van der Waals surface area contributed by atoms with Crippen LogP contribution in [-0.2, 0) is 14.3 Å². The van der Waals surface area contributed by atoms with Crippen molar-refractivity contribution in [2.24, 2.45) is 17.8 Å². The molecule has 2 bridgehead atoms. The highest BCUT2D eigenvalue weighted by Crippen LogP contribution is 2.45. The van der Waals surface area contributed by atoms with Crippen molar-refractivity contribution >= 4 is 5.91 Å². The van der Waals surface area contributed by atoms with Gasteiger partial charge in [-0.3, -0.25) is 4.79 Å². The molecule has 2 aliphatic carbocycles. The van der Waals surface area contributed by atoms with Crippen LogP contribution in [0, 0.1) is 17.8 Å². The number of hydrogen-bond donors (Lipinski definition) is 2. The van der Waals surface area contributed by atoms with Gasteiger partial charge in [0.25, 0.3) is 5.91 Å². The van der Waals surface area contributed by atoms with Crippen LogP contribution in [-0.4, -0.2) is 43.7 Å². The van der Waals surface area contributed by atoms with E-state index in [0.717, 1.165) is 30.1 Å². The van der Waals surface area contributed by atoms with E-state index in [1.807, 2.05) is 37.3 Å². The summed E-state index contributed by atoms with van der Waals surface area (Å²) in [6.45, 7) is 2.55. The van der Waals surface area contributed by atoms with Gasteiger partial charge in [-0.1, -0.05) is 18.6 Å². The Kier molecular flexibility index (Phi) is 7.18. The van der Waals surface area contributed by atoms with Gasteiger partial charge >= 0.3 is 0 Å². The predicted molar refractivity (Wildman–Crippen MR) is 118 cm³/mol. The second kappa shape index (κ2) is 10.0. The summed E-state index contributed by atoms with van der Waals surface area (Å²) in [5.41, 5.74) is 1.09. The fourth-order valence-corrected chi connectivity index (χ4v) is 5.63. The van der Waals surface area contributed by atoms with Gasteiger partial charge in [0.1, 0.15) is 5.75 Å². The van der Waals surface area contributed by atoms with Crippen LogP contribution in [0.5, 0.6) is 5.75 Å². The van der Waals surface area contributed by atoms with Crippen molar-refractivity contribution in [1.29, 1.82) is 0 Å². The SMILES string of the molecule is CCO[C@@H]1OC(C(=O)NC2CC3CCC2C3)=C[C@H](c2ccc(OC)cc2)[C@@H]1CCCO. The summed E-state index contributed by atoms with van der Waals surface area (Å²) in [7, 11) is 1.65. The lowest BCUT2D eigenvalue weighted by Crippen LogP contribution is -2.43. The molecule has 1 amide bonds. The maximum atomic E-state index is 13.2. The Bertz CT molecular complexity index is 777. The number of aliphatic hydroxyl groups excluding tert-OH is 1. The normalized spacial score (nSPS) is 31.8. The molecule has 1 heterocycles. The summed E-state index contributed by atoms with van der Waals surface area (Å²) >= 11 is 0. The molecule has 1 aliphatic heterocycles. The Morgan fingerprint density at radius 2 is 2.03 bits per heavy atom. The quantitative estimate of drug-likeness (QED) is 0.625. The molecule has 3 aliphatic rings. The number of aliphatic hydroxyl groups is 1. The molecule has 0 aromatic heterocycles. The summed E-state index contributed by atoms with van der Waals surface area (Å²) < 4.78 is 17.3. The van der Waals surface area contributed by atoms with Crippen molar-refractivity contribution in [1.82, 2.24) is 5.32 Å². The molecule has 0 saturated heterocycles. The summed E-state index contributed by atoms with van der Waals surface area (Å²) in [5, 5.41) is 12.7. The lowest BCUT2D eigenvalue weighted by atomic mass is 9.80.